The quantitative estimate of drug-likeness (QED) is 0.679. The summed E-state index contributed by atoms with van der Waals surface area (Å²) in [6, 6.07) is 7.33. The summed E-state index contributed by atoms with van der Waals surface area (Å²) in [6.45, 7) is 3.97. The SMILES string of the molecule is Cc1ccc(Nc2nc(N)nc(CN3C(=O)N[C@@]4(CCCC[C@@H]4C)C3=O)n2)cc1. The molecule has 29 heavy (non-hydrogen) atoms. The Labute approximate surface area is 169 Å². The number of urea groups is 1. The number of benzene rings is 1. The van der Waals surface area contributed by atoms with E-state index in [2.05, 4.69) is 25.6 Å². The molecule has 1 aliphatic carbocycles. The second-order valence-corrected chi connectivity index (χ2v) is 7.86. The molecule has 0 radical (unpaired) electrons. The molecular weight excluding hydrogens is 370 g/mol. The average Bonchev–Trinajstić information content (AvgIpc) is 2.91. The molecule has 1 aromatic carbocycles. The van der Waals surface area contributed by atoms with Gasteiger partial charge in [-0.2, -0.15) is 15.0 Å². The normalized spacial score (nSPS) is 24.1. The largest absolute Gasteiger partial charge is 0.368 e. The number of carbonyl (C=O) groups is 2. The fourth-order valence-electron chi connectivity index (χ4n) is 4.11. The van der Waals surface area contributed by atoms with Crippen molar-refractivity contribution in [3.8, 4) is 0 Å². The van der Waals surface area contributed by atoms with Gasteiger partial charge in [0, 0.05) is 5.69 Å². The second-order valence-electron chi connectivity index (χ2n) is 7.86. The van der Waals surface area contributed by atoms with Crippen LogP contribution < -0.4 is 16.4 Å². The minimum Gasteiger partial charge on any atom is -0.368 e. The minimum absolute atomic E-state index is 0.0254. The van der Waals surface area contributed by atoms with Gasteiger partial charge in [0.25, 0.3) is 5.91 Å². The summed E-state index contributed by atoms with van der Waals surface area (Å²) >= 11 is 0. The zero-order valence-electron chi connectivity index (χ0n) is 16.6. The molecule has 4 rings (SSSR count). The zero-order chi connectivity index (χ0) is 20.6. The van der Waals surface area contributed by atoms with Gasteiger partial charge in [0.2, 0.25) is 11.9 Å². The van der Waals surface area contributed by atoms with E-state index >= 15 is 0 Å². The lowest BCUT2D eigenvalue weighted by atomic mass is 9.73. The first kappa shape index (κ1) is 19.1. The predicted molar refractivity (Wildman–Crippen MR) is 108 cm³/mol. The van der Waals surface area contributed by atoms with Crippen LogP contribution in [0.5, 0.6) is 0 Å². The molecule has 1 spiro atoms. The highest BCUT2D eigenvalue weighted by atomic mass is 16.2. The Balaban J connectivity index is 1.54. The van der Waals surface area contributed by atoms with Crippen molar-refractivity contribution in [3.63, 3.8) is 0 Å². The van der Waals surface area contributed by atoms with Crippen molar-refractivity contribution < 1.29 is 9.59 Å². The molecular formula is C20H25N7O2. The molecule has 1 saturated heterocycles. The van der Waals surface area contributed by atoms with Gasteiger partial charge in [0.15, 0.2) is 5.82 Å². The molecule has 4 N–H and O–H groups in total. The molecule has 0 bridgehead atoms. The van der Waals surface area contributed by atoms with Gasteiger partial charge in [-0.05, 0) is 37.8 Å². The van der Waals surface area contributed by atoms with Crippen LogP contribution in [-0.2, 0) is 11.3 Å². The van der Waals surface area contributed by atoms with E-state index in [1.54, 1.807) is 0 Å². The van der Waals surface area contributed by atoms with Crippen LogP contribution in [-0.4, -0.2) is 37.3 Å². The van der Waals surface area contributed by atoms with E-state index in [1.165, 1.54) is 4.90 Å². The molecule has 2 atom stereocenters. The standard InChI is InChI=1S/C20H25N7O2/c1-12-6-8-14(9-7-12)22-18-24-15(23-17(21)25-18)11-27-16(28)20(26-19(27)29)10-4-3-5-13(20)2/h6-9,13H,3-5,10-11H2,1-2H3,(H,26,29)(H3,21,22,23,24,25)/t13-,20+/m0/s1. The number of hydrogen-bond donors (Lipinski definition) is 3. The summed E-state index contributed by atoms with van der Waals surface area (Å²) in [7, 11) is 0. The van der Waals surface area contributed by atoms with Crippen LogP contribution in [0.3, 0.4) is 0 Å². The van der Waals surface area contributed by atoms with Crippen LogP contribution in [0.2, 0.25) is 0 Å². The van der Waals surface area contributed by atoms with Crippen molar-refractivity contribution in [1.82, 2.24) is 25.2 Å². The minimum atomic E-state index is -0.809. The number of nitrogens with zero attached hydrogens (tertiary/aromatic N) is 4. The number of nitrogens with one attached hydrogen (secondary N) is 2. The fourth-order valence-corrected chi connectivity index (χ4v) is 4.11. The van der Waals surface area contributed by atoms with E-state index in [-0.39, 0.29) is 36.1 Å². The number of rotatable bonds is 4. The second kappa shape index (κ2) is 7.31. The Morgan fingerprint density at radius 2 is 1.97 bits per heavy atom. The first-order valence-electron chi connectivity index (χ1n) is 9.85. The van der Waals surface area contributed by atoms with Crippen molar-refractivity contribution >= 4 is 29.5 Å². The van der Waals surface area contributed by atoms with Gasteiger partial charge >= 0.3 is 6.03 Å². The van der Waals surface area contributed by atoms with Gasteiger partial charge in [-0.3, -0.25) is 9.69 Å². The highest BCUT2D eigenvalue weighted by molar-refractivity contribution is 6.07. The number of anilines is 3. The number of nitrogens with two attached hydrogens (primary N) is 1. The maximum Gasteiger partial charge on any atom is 0.325 e. The number of imide groups is 1. The van der Waals surface area contributed by atoms with E-state index in [0.717, 1.165) is 30.5 Å². The molecule has 3 amide bonds. The summed E-state index contributed by atoms with van der Waals surface area (Å²) in [5.41, 5.74) is 6.96. The third-order valence-corrected chi connectivity index (χ3v) is 5.81. The van der Waals surface area contributed by atoms with Crippen LogP contribution in [0.25, 0.3) is 0 Å². The molecule has 1 aliphatic heterocycles. The number of aryl methyl sites for hydroxylation is 1. The van der Waals surface area contributed by atoms with E-state index in [1.807, 2.05) is 38.1 Å². The average molecular weight is 395 g/mol. The molecule has 2 aliphatic rings. The molecule has 9 nitrogen and oxygen atoms in total. The van der Waals surface area contributed by atoms with Gasteiger partial charge < -0.3 is 16.4 Å². The summed E-state index contributed by atoms with van der Waals surface area (Å²) in [5.74, 6) is 0.444. The molecule has 2 aromatic rings. The number of nitrogen functional groups attached to an aromatic ring is 1. The summed E-state index contributed by atoms with van der Waals surface area (Å²) in [6.07, 6.45) is 3.58. The number of amides is 3. The molecule has 1 saturated carbocycles. The van der Waals surface area contributed by atoms with Gasteiger partial charge in [0.1, 0.15) is 5.54 Å². The number of carbonyl (C=O) groups excluding carboxylic acids is 2. The Kier molecular flexibility index (Phi) is 4.81. The summed E-state index contributed by atoms with van der Waals surface area (Å²) in [5, 5.41) is 6.01. The third kappa shape index (κ3) is 3.59. The Hall–Kier alpha value is -3.23. The van der Waals surface area contributed by atoms with Gasteiger partial charge in [-0.15, -0.1) is 0 Å². The first-order chi connectivity index (χ1) is 13.9. The van der Waals surface area contributed by atoms with Crippen LogP contribution in [0.1, 0.15) is 44.0 Å². The Morgan fingerprint density at radius 3 is 2.69 bits per heavy atom. The maximum absolute atomic E-state index is 13.1. The smallest absolute Gasteiger partial charge is 0.325 e. The highest BCUT2D eigenvalue weighted by Crippen LogP contribution is 2.38. The fraction of sp³-hybridized carbons (Fsp3) is 0.450. The Morgan fingerprint density at radius 1 is 1.21 bits per heavy atom. The van der Waals surface area contributed by atoms with E-state index in [4.69, 9.17) is 5.73 Å². The van der Waals surface area contributed by atoms with E-state index < -0.39 is 11.6 Å². The van der Waals surface area contributed by atoms with Crippen LogP contribution >= 0.6 is 0 Å². The van der Waals surface area contributed by atoms with Crippen molar-refractivity contribution in [2.75, 3.05) is 11.1 Å². The summed E-state index contributed by atoms with van der Waals surface area (Å²) in [4.78, 5) is 39.5. The van der Waals surface area contributed by atoms with Gasteiger partial charge in [-0.1, -0.05) is 37.5 Å². The van der Waals surface area contributed by atoms with Crippen LogP contribution in [0.4, 0.5) is 22.4 Å². The molecule has 2 fully saturated rings. The van der Waals surface area contributed by atoms with E-state index in [0.29, 0.717) is 6.42 Å². The van der Waals surface area contributed by atoms with E-state index in [9.17, 15) is 9.59 Å². The predicted octanol–water partition coefficient (Wildman–Crippen LogP) is 2.51. The number of hydrogen-bond acceptors (Lipinski definition) is 7. The van der Waals surface area contributed by atoms with Crippen molar-refractivity contribution in [2.45, 2.75) is 51.6 Å². The lowest BCUT2D eigenvalue weighted by molar-refractivity contribution is -0.134. The molecule has 9 heteroatoms. The monoisotopic (exact) mass is 395 g/mol. The van der Waals surface area contributed by atoms with Crippen LogP contribution in [0, 0.1) is 12.8 Å². The van der Waals surface area contributed by atoms with Gasteiger partial charge in [-0.25, -0.2) is 4.79 Å². The van der Waals surface area contributed by atoms with Gasteiger partial charge in [0.05, 0.1) is 6.54 Å². The topological polar surface area (TPSA) is 126 Å². The first-order valence-corrected chi connectivity index (χ1v) is 9.85. The molecule has 1 aromatic heterocycles. The van der Waals surface area contributed by atoms with Crippen molar-refractivity contribution in [3.05, 3.63) is 35.7 Å². The third-order valence-electron chi connectivity index (χ3n) is 5.81. The van der Waals surface area contributed by atoms with Crippen molar-refractivity contribution in [2.24, 2.45) is 5.92 Å². The summed E-state index contributed by atoms with van der Waals surface area (Å²) < 4.78 is 0. The van der Waals surface area contributed by atoms with Crippen molar-refractivity contribution in [1.29, 1.82) is 0 Å². The zero-order valence-corrected chi connectivity index (χ0v) is 16.6. The molecule has 0 unspecified atom stereocenters. The maximum atomic E-state index is 13.1. The lowest BCUT2D eigenvalue weighted by Gasteiger charge is -2.36. The Bertz CT molecular complexity index is 946. The van der Waals surface area contributed by atoms with Crippen LogP contribution in [0.15, 0.2) is 24.3 Å². The lowest BCUT2D eigenvalue weighted by Crippen LogP contribution is -2.53. The molecule has 2 heterocycles. The number of aromatic nitrogens is 3. The highest BCUT2D eigenvalue weighted by Gasteiger charge is 2.54. The molecule has 152 valence electrons.